The summed E-state index contributed by atoms with van der Waals surface area (Å²) in [6.45, 7) is 0. The first-order valence-electron chi connectivity index (χ1n) is 6.85. The zero-order valence-corrected chi connectivity index (χ0v) is 13.7. The van der Waals surface area contributed by atoms with E-state index in [0.29, 0.717) is 10.9 Å². The lowest BCUT2D eigenvalue weighted by Crippen LogP contribution is -2.43. The lowest BCUT2D eigenvalue weighted by Gasteiger charge is -2.28. The smallest absolute Gasteiger partial charge is 0.257 e. The van der Waals surface area contributed by atoms with Gasteiger partial charge in [-0.1, -0.05) is 15.9 Å². The molecule has 1 aliphatic heterocycles. The molecular weight excluding hydrogens is 361 g/mol. The van der Waals surface area contributed by atoms with E-state index in [4.69, 9.17) is 0 Å². The minimum atomic E-state index is -3.07. The van der Waals surface area contributed by atoms with Gasteiger partial charge in [-0.05, 0) is 37.5 Å². The van der Waals surface area contributed by atoms with Gasteiger partial charge < -0.3 is 4.90 Å². The Morgan fingerprint density at radius 3 is 2.48 bits per heavy atom. The summed E-state index contributed by atoms with van der Waals surface area (Å²) < 4.78 is 37.8. The molecule has 114 valence electrons. The largest absolute Gasteiger partial charge is 0.332 e. The molecule has 0 radical (unpaired) electrons. The van der Waals surface area contributed by atoms with Gasteiger partial charge in [-0.15, -0.1) is 0 Å². The number of nitrogens with zero attached hydrogens (tertiary/aromatic N) is 1. The Bertz CT molecular complexity index is 687. The third-order valence-electron chi connectivity index (χ3n) is 3.94. The Labute approximate surface area is 131 Å². The molecule has 1 aliphatic carbocycles. The number of carbonyl (C=O) groups is 1. The number of sulfone groups is 1. The van der Waals surface area contributed by atoms with Crippen molar-refractivity contribution in [3.05, 3.63) is 34.1 Å². The predicted octanol–water partition coefficient (Wildman–Crippen LogP) is 2.38. The second kappa shape index (κ2) is 5.35. The van der Waals surface area contributed by atoms with Gasteiger partial charge in [0, 0.05) is 16.6 Å². The van der Waals surface area contributed by atoms with Crippen molar-refractivity contribution in [1.82, 2.24) is 4.90 Å². The quantitative estimate of drug-likeness (QED) is 0.814. The predicted molar refractivity (Wildman–Crippen MR) is 80.4 cm³/mol. The van der Waals surface area contributed by atoms with E-state index in [1.807, 2.05) is 0 Å². The maximum Gasteiger partial charge on any atom is 0.257 e. The molecule has 1 amide bonds. The molecular formula is C14H15BrFNO3S. The van der Waals surface area contributed by atoms with E-state index in [-0.39, 0.29) is 29.2 Å². The van der Waals surface area contributed by atoms with Gasteiger partial charge in [-0.2, -0.15) is 0 Å². The van der Waals surface area contributed by atoms with Gasteiger partial charge in [0.25, 0.3) is 5.91 Å². The molecule has 0 bridgehead atoms. The highest BCUT2D eigenvalue weighted by atomic mass is 79.9. The topological polar surface area (TPSA) is 54.5 Å². The molecule has 0 spiro atoms. The molecule has 1 heterocycles. The average Bonchev–Trinajstić information content (AvgIpc) is 3.14. The van der Waals surface area contributed by atoms with Crippen molar-refractivity contribution in [2.75, 3.05) is 11.5 Å². The van der Waals surface area contributed by atoms with Crippen LogP contribution in [0, 0.1) is 5.82 Å². The monoisotopic (exact) mass is 375 g/mol. The molecule has 1 saturated heterocycles. The molecule has 3 rings (SSSR count). The van der Waals surface area contributed by atoms with Gasteiger partial charge in [-0.3, -0.25) is 4.79 Å². The van der Waals surface area contributed by atoms with E-state index >= 15 is 0 Å². The first-order chi connectivity index (χ1) is 9.87. The summed E-state index contributed by atoms with van der Waals surface area (Å²) >= 11 is 3.16. The van der Waals surface area contributed by atoms with E-state index in [1.165, 1.54) is 12.1 Å². The summed E-state index contributed by atoms with van der Waals surface area (Å²) in [6, 6.07) is 4.05. The highest BCUT2D eigenvalue weighted by Gasteiger charge is 2.42. The van der Waals surface area contributed by atoms with E-state index in [0.717, 1.165) is 12.8 Å². The third-order valence-corrected chi connectivity index (χ3v) is 6.18. The summed E-state index contributed by atoms with van der Waals surface area (Å²) in [5.74, 6) is -0.879. The molecule has 1 atom stereocenters. The summed E-state index contributed by atoms with van der Waals surface area (Å²) in [5.41, 5.74) is 0.00870. The molecule has 7 heteroatoms. The van der Waals surface area contributed by atoms with Crippen molar-refractivity contribution >= 4 is 31.7 Å². The van der Waals surface area contributed by atoms with Crippen LogP contribution in [0.1, 0.15) is 29.6 Å². The van der Waals surface area contributed by atoms with E-state index in [1.54, 1.807) is 11.0 Å². The minimum absolute atomic E-state index is 0.00656. The number of halogens is 2. The van der Waals surface area contributed by atoms with Crippen molar-refractivity contribution in [3.63, 3.8) is 0 Å². The molecule has 21 heavy (non-hydrogen) atoms. The Kier molecular flexibility index (Phi) is 3.81. The van der Waals surface area contributed by atoms with Crippen LogP contribution in [-0.4, -0.2) is 42.8 Å². The van der Waals surface area contributed by atoms with E-state index in [9.17, 15) is 17.6 Å². The standard InChI is InChI=1S/C14H15BrFNO3S/c15-9-1-4-12(13(16)7-9)14(18)17(10-2-3-10)11-5-6-21(19,20)8-11/h1,4,7,10-11H,2-3,5-6,8H2. The molecule has 0 N–H and O–H groups in total. The summed E-state index contributed by atoms with van der Waals surface area (Å²) in [6.07, 6.45) is 2.17. The fourth-order valence-electron chi connectivity index (χ4n) is 2.78. The molecule has 2 aliphatic rings. The first kappa shape index (κ1) is 15.0. The fourth-order valence-corrected chi connectivity index (χ4v) is 4.82. The van der Waals surface area contributed by atoms with Crippen LogP contribution in [0.2, 0.25) is 0 Å². The molecule has 2 fully saturated rings. The zero-order chi connectivity index (χ0) is 15.2. The lowest BCUT2D eigenvalue weighted by molar-refractivity contribution is 0.0676. The highest BCUT2D eigenvalue weighted by molar-refractivity contribution is 9.10. The second-order valence-corrected chi connectivity index (χ2v) is 8.77. The Balaban J connectivity index is 1.89. The van der Waals surface area contributed by atoms with Crippen LogP contribution in [0.5, 0.6) is 0 Å². The van der Waals surface area contributed by atoms with Crippen molar-refractivity contribution in [1.29, 1.82) is 0 Å². The number of hydrogen-bond donors (Lipinski definition) is 0. The van der Waals surface area contributed by atoms with Crippen LogP contribution in [0.4, 0.5) is 4.39 Å². The number of carbonyl (C=O) groups excluding carboxylic acids is 1. The van der Waals surface area contributed by atoms with Gasteiger partial charge >= 0.3 is 0 Å². The van der Waals surface area contributed by atoms with Gasteiger partial charge in [0.1, 0.15) is 5.82 Å². The van der Waals surface area contributed by atoms with Gasteiger partial charge in [0.2, 0.25) is 0 Å². The normalized spacial score (nSPS) is 24.0. The maximum atomic E-state index is 14.0. The number of amides is 1. The molecule has 0 aromatic heterocycles. The van der Waals surface area contributed by atoms with E-state index < -0.39 is 21.6 Å². The van der Waals surface area contributed by atoms with Gasteiger partial charge in [0.15, 0.2) is 9.84 Å². The second-order valence-electron chi connectivity index (χ2n) is 5.62. The Morgan fingerprint density at radius 1 is 1.24 bits per heavy atom. The van der Waals surface area contributed by atoms with Crippen LogP contribution >= 0.6 is 15.9 Å². The Morgan fingerprint density at radius 2 is 1.95 bits per heavy atom. The summed E-state index contributed by atoms with van der Waals surface area (Å²) in [4.78, 5) is 14.2. The molecule has 1 aromatic rings. The first-order valence-corrected chi connectivity index (χ1v) is 9.47. The summed E-state index contributed by atoms with van der Waals surface area (Å²) in [7, 11) is -3.07. The summed E-state index contributed by atoms with van der Waals surface area (Å²) in [5, 5.41) is 0. The van der Waals surface area contributed by atoms with Crippen LogP contribution < -0.4 is 0 Å². The van der Waals surface area contributed by atoms with Gasteiger partial charge in [0.05, 0.1) is 17.1 Å². The van der Waals surface area contributed by atoms with Crippen molar-refractivity contribution in [2.45, 2.75) is 31.3 Å². The van der Waals surface area contributed by atoms with Gasteiger partial charge in [-0.25, -0.2) is 12.8 Å². The zero-order valence-electron chi connectivity index (χ0n) is 11.3. The number of hydrogen-bond acceptors (Lipinski definition) is 3. The van der Waals surface area contributed by atoms with Crippen molar-refractivity contribution in [2.24, 2.45) is 0 Å². The van der Waals surface area contributed by atoms with Crippen LogP contribution in [-0.2, 0) is 9.84 Å². The average molecular weight is 376 g/mol. The molecule has 1 aromatic carbocycles. The lowest BCUT2D eigenvalue weighted by atomic mass is 10.1. The molecule has 1 saturated carbocycles. The van der Waals surface area contributed by atoms with Crippen molar-refractivity contribution in [3.8, 4) is 0 Å². The van der Waals surface area contributed by atoms with Crippen molar-refractivity contribution < 1.29 is 17.6 Å². The molecule has 4 nitrogen and oxygen atoms in total. The molecule has 1 unspecified atom stereocenters. The van der Waals surface area contributed by atoms with Crippen LogP contribution in [0.15, 0.2) is 22.7 Å². The Hall–Kier alpha value is -0.950. The van der Waals surface area contributed by atoms with E-state index in [2.05, 4.69) is 15.9 Å². The number of rotatable bonds is 3. The van der Waals surface area contributed by atoms with Crippen LogP contribution in [0.3, 0.4) is 0 Å². The number of benzene rings is 1. The fraction of sp³-hybridized carbons (Fsp3) is 0.500. The minimum Gasteiger partial charge on any atom is -0.332 e. The third kappa shape index (κ3) is 3.13. The van der Waals surface area contributed by atoms with Crippen LogP contribution in [0.25, 0.3) is 0 Å². The SMILES string of the molecule is O=C(c1ccc(Br)cc1F)N(C1CC1)C1CCS(=O)(=O)C1. The highest BCUT2D eigenvalue weighted by Crippen LogP contribution is 2.34. The maximum absolute atomic E-state index is 14.0.